The van der Waals surface area contributed by atoms with Crippen molar-refractivity contribution in [2.45, 2.75) is 35.2 Å². The minimum atomic E-state index is -4.55. The van der Waals surface area contributed by atoms with Crippen LogP contribution in [0.25, 0.3) is 16.7 Å². The summed E-state index contributed by atoms with van der Waals surface area (Å²) in [6, 6.07) is 11.4. The number of methoxy groups -OCH3 is 1. The van der Waals surface area contributed by atoms with Crippen LogP contribution in [0.1, 0.15) is 30.7 Å². The van der Waals surface area contributed by atoms with Gasteiger partial charge in [0.2, 0.25) is 0 Å². The molecular weight excluding hydrogens is 483 g/mol. The molecule has 10 heteroatoms. The van der Waals surface area contributed by atoms with Gasteiger partial charge in [-0.25, -0.2) is 4.79 Å². The Labute approximate surface area is 200 Å². The summed E-state index contributed by atoms with van der Waals surface area (Å²) >= 11 is 0.908. The lowest BCUT2D eigenvalue weighted by molar-refractivity contribution is -0.137. The standard InChI is InChI=1S/C25H18F3NO5S/c1-24(2)15-9-12(25(26,27)28)7-8-16(15)29-18(24)11-17-19(22(29)31)20(30)21(23(32)34-17)35-14-6-4-5-13(10-14)33-3/h4-11,30H,1-3H3. The molecule has 2 aromatic heterocycles. The van der Waals surface area contributed by atoms with E-state index in [1.807, 2.05) is 0 Å². The highest BCUT2D eigenvalue weighted by atomic mass is 32.2. The SMILES string of the molecule is COc1cccc(Sc2c(O)c3c(=O)n4c(cc3oc2=O)C(C)(C)c2cc(C(F)(F)F)ccc2-4)c1. The molecule has 1 aliphatic heterocycles. The van der Waals surface area contributed by atoms with Crippen molar-refractivity contribution in [3.8, 4) is 17.2 Å². The third-order valence-corrected chi connectivity index (χ3v) is 7.21. The number of aromatic nitrogens is 1. The van der Waals surface area contributed by atoms with Crippen molar-refractivity contribution >= 4 is 22.7 Å². The zero-order chi connectivity index (χ0) is 25.3. The zero-order valence-corrected chi connectivity index (χ0v) is 19.5. The van der Waals surface area contributed by atoms with Crippen LogP contribution in [-0.4, -0.2) is 16.8 Å². The molecule has 0 fully saturated rings. The van der Waals surface area contributed by atoms with Gasteiger partial charge in [0.1, 0.15) is 21.6 Å². The molecule has 1 N–H and O–H groups in total. The van der Waals surface area contributed by atoms with Gasteiger partial charge >= 0.3 is 11.8 Å². The van der Waals surface area contributed by atoms with Crippen molar-refractivity contribution in [2.75, 3.05) is 7.11 Å². The predicted octanol–water partition coefficient (Wildman–Crippen LogP) is 5.47. The molecule has 0 radical (unpaired) electrons. The van der Waals surface area contributed by atoms with Crippen LogP contribution < -0.4 is 15.9 Å². The first-order valence-electron chi connectivity index (χ1n) is 10.4. The van der Waals surface area contributed by atoms with E-state index in [2.05, 4.69) is 0 Å². The van der Waals surface area contributed by atoms with E-state index in [0.29, 0.717) is 21.9 Å². The fraction of sp³-hybridized carbons (Fsp3) is 0.200. The maximum Gasteiger partial charge on any atom is 0.416 e. The van der Waals surface area contributed by atoms with Gasteiger partial charge in [-0.1, -0.05) is 31.7 Å². The summed E-state index contributed by atoms with van der Waals surface area (Å²) in [4.78, 5) is 26.7. The Hall–Kier alpha value is -3.66. The summed E-state index contributed by atoms with van der Waals surface area (Å²) in [7, 11) is 1.49. The van der Waals surface area contributed by atoms with Crippen molar-refractivity contribution in [1.82, 2.24) is 4.57 Å². The minimum Gasteiger partial charge on any atom is -0.505 e. The Bertz CT molecular complexity index is 1640. The Balaban J connectivity index is 1.74. The van der Waals surface area contributed by atoms with Crippen LogP contribution in [0.15, 0.2) is 72.3 Å². The topological polar surface area (TPSA) is 81.7 Å². The summed E-state index contributed by atoms with van der Waals surface area (Å²) < 4.78 is 51.9. The Morgan fingerprint density at radius 2 is 1.83 bits per heavy atom. The van der Waals surface area contributed by atoms with Gasteiger partial charge in [-0.05, 0) is 42.0 Å². The molecule has 35 heavy (non-hydrogen) atoms. The molecule has 6 nitrogen and oxygen atoms in total. The van der Waals surface area contributed by atoms with Crippen LogP contribution in [0.5, 0.6) is 11.5 Å². The summed E-state index contributed by atoms with van der Waals surface area (Å²) in [5, 5.41) is 10.8. The second kappa shape index (κ2) is 7.67. The molecule has 5 rings (SSSR count). The van der Waals surface area contributed by atoms with Crippen LogP contribution in [0.2, 0.25) is 0 Å². The third-order valence-electron chi connectivity index (χ3n) is 6.15. The highest BCUT2D eigenvalue weighted by Gasteiger charge is 2.41. The minimum absolute atomic E-state index is 0.143. The predicted molar refractivity (Wildman–Crippen MR) is 124 cm³/mol. The van der Waals surface area contributed by atoms with Gasteiger partial charge < -0.3 is 14.3 Å². The number of nitrogens with zero attached hydrogens (tertiary/aromatic N) is 1. The second-order valence-corrected chi connectivity index (χ2v) is 9.70. The molecule has 0 saturated heterocycles. The normalized spacial score (nSPS) is 14.1. The number of ether oxygens (including phenoxy) is 1. The number of aromatic hydroxyl groups is 1. The van der Waals surface area contributed by atoms with Crippen LogP contribution in [0.4, 0.5) is 13.2 Å². The molecule has 0 bridgehead atoms. The molecule has 3 heterocycles. The summed E-state index contributed by atoms with van der Waals surface area (Å²) in [5.41, 5.74) is -2.59. The molecule has 1 aliphatic rings. The van der Waals surface area contributed by atoms with Gasteiger partial charge in [-0.2, -0.15) is 13.2 Å². The maximum absolute atomic E-state index is 13.6. The number of pyridine rings is 1. The van der Waals surface area contributed by atoms with Gasteiger partial charge in [-0.3, -0.25) is 9.36 Å². The van der Waals surface area contributed by atoms with Crippen molar-refractivity contribution in [2.24, 2.45) is 0 Å². The summed E-state index contributed by atoms with van der Waals surface area (Å²) in [6.07, 6.45) is -4.55. The van der Waals surface area contributed by atoms with Gasteiger partial charge in [-0.15, -0.1) is 0 Å². The van der Waals surface area contributed by atoms with E-state index in [4.69, 9.17) is 9.15 Å². The fourth-order valence-electron chi connectivity index (χ4n) is 4.36. The van der Waals surface area contributed by atoms with E-state index in [9.17, 15) is 27.9 Å². The molecule has 0 saturated carbocycles. The quantitative estimate of drug-likeness (QED) is 0.401. The molecule has 2 aromatic carbocycles. The molecule has 4 aromatic rings. The van der Waals surface area contributed by atoms with Crippen LogP contribution in [0, 0.1) is 0 Å². The molecule has 0 unspecified atom stereocenters. The molecule has 0 amide bonds. The van der Waals surface area contributed by atoms with Crippen LogP contribution in [-0.2, 0) is 11.6 Å². The van der Waals surface area contributed by atoms with Crippen LogP contribution >= 0.6 is 11.8 Å². The molecule has 180 valence electrons. The van der Waals surface area contributed by atoms with Gasteiger partial charge in [0.25, 0.3) is 5.56 Å². The van der Waals surface area contributed by atoms with E-state index in [0.717, 1.165) is 23.9 Å². The van der Waals surface area contributed by atoms with Crippen molar-refractivity contribution in [3.05, 3.63) is 86.1 Å². The smallest absolute Gasteiger partial charge is 0.416 e. The number of hydrogen-bond acceptors (Lipinski definition) is 6. The van der Waals surface area contributed by atoms with Gasteiger partial charge in [0.05, 0.1) is 18.4 Å². The Morgan fingerprint density at radius 1 is 1.09 bits per heavy atom. The van der Waals surface area contributed by atoms with E-state index in [-0.39, 0.29) is 21.6 Å². The van der Waals surface area contributed by atoms with Crippen molar-refractivity contribution in [3.63, 3.8) is 0 Å². The first-order valence-corrected chi connectivity index (χ1v) is 11.3. The monoisotopic (exact) mass is 501 g/mol. The molecule has 0 atom stereocenters. The number of alkyl halides is 3. The number of halogens is 3. The van der Waals surface area contributed by atoms with E-state index >= 15 is 0 Å². The van der Waals surface area contributed by atoms with E-state index in [1.54, 1.807) is 38.1 Å². The molecule has 0 spiro atoms. The third kappa shape index (κ3) is 3.51. The number of benzene rings is 2. The maximum atomic E-state index is 13.6. The lowest BCUT2D eigenvalue weighted by Gasteiger charge is -2.21. The summed E-state index contributed by atoms with van der Waals surface area (Å²) in [6.45, 7) is 3.36. The largest absolute Gasteiger partial charge is 0.505 e. The number of fused-ring (bicyclic) bond motifs is 4. The zero-order valence-electron chi connectivity index (χ0n) is 18.7. The summed E-state index contributed by atoms with van der Waals surface area (Å²) in [5.74, 6) is -0.0165. The van der Waals surface area contributed by atoms with Gasteiger partial charge in [0.15, 0.2) is 5.75 Å². The van der Waals surface area contributed by atoms with Gasteiger partial charge in [0, 0.05) is 22.1 Å². The van der Waals surface area contributed by atoms with E-state index < -0.39 is 34.1 Å². The lowest BCUT2D eigenvalue weighted by atomic mass is 9.82. The van der Waals surface area contributed by atoms with Crippen molar-refractivity contribution < 1.29 is 27.4 Å². The fourth-order valence-corrected chi connectivity index (χ4v) is 5.24. The van der Waals surface area contributed by atoms with Crippen LogP contribution in [0.3, 0.4) is 0 Å². The highest BCUT2D eigenvalue weighted by molar-refractivity contribution is 7.99. The second-order valence-electron chi connectivity index (χ2n) is 8.61. The average Bonchev–Trinajstić information content (AvgIpc) is 3.02. The first-order chi connectivity index (χ1) is 16.4. The Morgan fingerprint density at radius 3 is 2.51 bits per heavy atom. The van der Waals surface area contributed by atoms with E-state index in [1.165, 1.54) is 23.8 Å². The lowest BCUT2D eigenvalue weighted by Crippen LogP contribution is -2.24. The molecular formula is C25H18F3NO5S. The highest BCUT2D eigenvalue weighted by Crippen LogP contribution is 2.45. The first kappa shape index (κ1) is 23.1. The Kier molecular flexibility index (Phi) is 5.06. The average molecular weight is 501 g/mol. The van der Waals surface area contributed by atoms with Crippen molar-refractivity contribution in [1.29, 1.82) is 0 Å². The molecule has 0 aliphatic carbocycles. The number of rotatable bonds is 3. The number of hydrogen-bond donors (Lipinski definition) is 1.